The van der Waals surface area contributed by atoms with E-state index in [1.807, 2.05) is 41.0 Å². The summed E-state index contributed by atoms with van der Waals surface area (Å²) in [6.45, 7) is 8.38. The molecule has 156 valence electrons. The van der Waals surface area contributed by atoms with E-state index >= 15 is 0 Å². The highest BCUT2D eigenvalue weighted by atomic mass is 32.2. The Hall–Kier alpha value is -3.06. The maximum absolute atomic E-state index is 12.1. The van der Waals surface area contributed by atoms with Gasteiger partial charge in [-0.05, 0) is 41.8 Å². The van der Waals surface area contributed by atoms with Crippen molar-refractivity contribution in [2.24, 2.45) is 0 Å². The number of rotatable bonds is 9. The Morgan fingerprint density at radius 1 is 1.20 bits per heavy atom. The number of nitrogens with one attached hydrogen (secondary N) is 1. The third kappa shape index (κ3) is 4.91. The first-order valence-corrected chi connectivity index (χ1v) is 10.7. The van der Waals surface area contributed by atoms with Crippen molar-refractivity contribution in [2.45, 2.75) is 24.9 Å². The van der Waals surface area contributed by atoms with Crippen LogP contribution in [-0.2, 0) is 4.79 Å². The Labute approximate surface area is 181 Å². The molecule has 1 amide bonds. The molecule has 2 aromatic carbocycles. The van der Waals surface area contributed by atoms with E-state index in [0.717, 1.165) is 22.8 Å². The number of nitrogens with zero attached hydrogens (tertiary/aromatic N) is 3. The van der Waals surface area contributed by atoms with Crippen LogP contribution < -0.4 is 10.1 Å². The number of methoxy groups -OCH3 is 1. The van der Waals surface area contributed by atoms with Gasteiger partial charge in [-0.25, -0.2) is 0 Å². The van der Waals surface area contributed by atoms with Crippen LogP contribution in [0.1, 0.15) is 25.3 Å². The first-order chi connectivity index (χ1) is 14.5. The number of carbonyl (C=O) groups is 1. The van der Waals surface area contributed by atoms with Gasteiger partial charge in [0.25, 0.3) is 0 Å². The average molecular weight is 423 g/mol. The van der Waals surface area contributed by atoms with Gasteiger partial charge < -0.3 is 10.1 Å². The SMILES string of the molecule is C=CCNC(=O)CSc1nnc(-c2ccc(OC)cc2)n1-c1ccccc1C(C)C. The van der Waals surface area contributed by atoms with Gasteiger partial charge in [-0.1, -0.05) is 49.9 Å². The Balaban J connectivity index is 2.04. The molecule has 1 heterocycles. The minimum Gasteiger partial charge on any atom is -0.497 e. The molecule has 0 aliphatic rings. The summed E-state index contributed by atoms with van der Waals surface area (Å²) < 4.78 is 7.30. The molecule has 0 saturated carbocycles. The van der Waals surface area contributed by atoms with Crippen molar-refractivity contribution in [3.8, 4) is 22.8 Å². The minimum atomic E-state index is -0.0717. The lowest BCUT2D eigenvalue weighted by Crippen LogP contribution is -2.25. The van der Waals surface area contributed by atoms with Gasteiger partial charge in [0.2, 0.25) is 5.91 Å². The molecule has 3 aromatic rings. The predicted molar refractivity (Wildman–Crippen MR) is 121 cm³/mol. The Bertz CT molecular complexity index is 1010. The van der Waals surface area contributed by atoms with E-state index in [1.165, 1.54) is 17.3 Å². The van der Waals surface area contributed by atoms with E-state index in [1.54, 1.807) is 13.2 Å². The fourth-order valence-corrected chi connectivity index (χ4v) is 3.83. The van der Waals surface area contributed by atoms with E-state index < -0.39 is 0 Å². The van der Waals surface area contributed by atoms with E-state index in [9.17, 15) is 4.79 Å². The summed E-state index contributed by atoms with van der Waals surface area (Å²) in [4.78, 5) is 12.1. The van der Waals surface area contributed by atoms with Crippen molar-refractivity contribution in [1.29, 1.82) is 0 Å². The summed E-state index contributed by atoms with van der Waals surface area (Å²) in [5.41, 5.74) is 3.12. The first-order valence-electron chi connectivity index (χ1n) is 9.74. The molecule has 0 atom stereocenters. The lowest BCUT2D eigenvalue weighted by Gasteiger charge is -2.17. The van der Waals surface area contributed by atoms with Crippen molar-refractivity contribution < 1.29 is 9.53 Å². The highest BCUT2D eigenvalue weighted by Gasteiger charge is 2.20. The lowest BCUT2D eigenvalue weighted by molar-refractivity contribution is -0.118. The zero-order valence-electron chi connectivity index (χ0n) is 17.5. The molecule has 0 aliphatic heterocycles. The second-order valence-corrected chi connectivity index (χ2v) is 7.91. The van der Waals surface area contributed by atoms with Crippen LogP contribution in [0.3, 0.4) is 0 Å². The number of benzene rings is 2. The van der Waals surface area contributed by atoms with E-state index in [0.29, 0.717) is 17.6 Å². The van der Waals surface area contributed by atoms with Gasteiger partial charge in [-0.3, -0.25) is 9.36 Å². The maximum Gasteiger partial charge on any atom is 0.230 e. The summed E-state index contributed by atoms with van der Waals surface area (Å²) in [6, 6.07) is 15.9. The highest BCUT2D eigenvalue weighted by molar-refractivity contribution is 7.99. The summed E-state index contributed by atoms with van der Waals surface area (Å²) in [6.07, 6.45) is 1.66. The molecule has 0 unspecified atom stereocenters. The van der Waals surface area contributed by atoms with Crippen molar-refractivity contribution in [3.63, 3.8) is 0 Å². The molecular formula is C23H26N4O2S. The van der Waals surface area contributed by atoms with Crippen LogP contribution in [0, 0.1) is 0 Å². The van der Waals surface area contributed by atoms with Crippen molar-refractivity contribution in [2.75, 3.05) is 19.4 Å². The number of para-hydroxylation sites is 1. The second kappa shape index (κ2) is 10.1. The zero-order valence-corrected chi connectivity index (χ0v) is 18.3. The quantitative estimate of drug-likeness (QED) is 0.407. The molecule has 0 radical (unpaired) electrons. The number of thioether (sulfide) groups is 1. The van der Waals surface area contributed by atoms with Crippen LogP contribution >= 0.6 is 11.8 Å². The van der Waals surface area contributed by atoms with E-state index in [-0.39, 0.29) is 11.7 Å². The molecule has 0 saturated heterocycles. The Morgan fingerprint density at radius 3 is 2.60 bits per heavy atom. The standard InChI is InChI=1S/C23H26N4O2S/c1-5-14-24-21(28)15-30-23-26-25-22(17-10-12-18(29-4)13-11-17)27(23)20-9-7-6-8-19(20)16(2)3/h5-13,16H,1,14-15H2,2-4H3,(H,24,28). The highest BCUT2D eigenvalue weighted by Crippen LogP contribution is 2.32. The van der Waals surface area contributed by atoms with Crippen LogP contribution in [-0.4, -0.2) is 40.1 Å². The van der Waals surface area contributed by atoms with E-state index in [4.69, 9.17) is 4.74 Å². The van der Waals surface area contributed by atoms with Crippen molar-refractivity contribution >= 4 is 17.7 Å². The number of aromatic nitrogens is 3. The second-order valence-electron chi connectivity index (χ2n) is 6.97. The summed E-state index contributed by atoms with van der Waals surface area (Å²) >= 11 is 1.36. The molecule has 0 spiro atoms. The molecular weight excluding hydrogens is 396 g/mol. The first kappa shape index (κ1) is 21.6. The third-order valence-electron chi connectivity index (χ3n) is 4.56. The largest absolute Gasteiger partial charge is 0.497 e. The van der Waals surface area contributed by atoms with Gasteiger partial charge in [-0.15, -0.1) is 16.8 Å². The average Bonchev–Trinajstić information content (AvgIpc) is 3.20. The van der Waals surface area contributed by atoms with Crippen LogP contribution in [0.15, 0.2) is 66.3 Å². The van der Waals surface area contributed by atoms with Gasteiger partial charge in [-0.2, -0.15) is 0 Å². The van der Waals surface area contributed by atoms with Gasteiger partial charge >= 0.3 is 0 Å². The molecule has 3 rings (SSSR count). The van der Waals surface area contributed by atoms with Gasteiger partial charge in [0.05, 0.1) is 18.6 Å². The fraction of sp³-hybridized carbons (Fsp3) is 0.261. The topological polar surface area (TPSA) is 69.0 Å². The van der Waals surface area contributed by atoms with Crippen LogP contribution in [0.2, 0.25) is 0 Å². The molecule has 0 aliphatic carbocycles. The fourth-order valence-electron chi connectivity index (χ4n) is 3.05. The summed E-state index contributed by atoms with van der Waals surface area (Å²) in [7, 11) is 1.64. The van der Waals surface area contributed by atoms with Crippen molar-refractivity contribution in [1.82, 2.24) is 20.1 Å². The maximum atomic E-state index is 12.1. The molecule has 1 aromatic heterocycles. The predicted octanol–water partition coefficient (Wildman–Crippen LogP) is 4.46. The Morgan fingerprint density at radius 2 is 1.93 bits per heavy atom. The molecule has 0 fully saturated rings. The molecule has 1 N–H and O–H groups in total. The monoisotopic (exact) mass is 422 g/mol. The van der Waals surface area contributed by atoms with Crippen molar-refractivity contribution in [3.05, 3.63) is 66.7 Å². The lowest BCUT2D eigenvalue weighted by atomic mass is 10.0. The molecule has 30 heavy (non-hydrogen) atoms. The van der Waals surface area contributed by atoms with Gasteiger partial charge in [0.1, 0.15) is 5.75 Å². The zero-order chi connectivity index (χ0) is 21.5. The number of amides is 1. The molecule has 7 heteroatoms. The number of hydrogen-bond acceptors (Lipinski definition) is 5. The van der Waals surface area contributed by atoms with E-state index in [2.05, 4.69) is 48.1 Å². The summed E-state index contributed by atoms with van der Waals surface area (Å²) in [5.74, 6) is 2.00. The summed E-state index contributed by atoms with van der Waals surface area (Å²) in [5, 5.41) is 12.3. The normalized spacial score (nSPS) is 10.8. The molecule has 0 bridgehead atoms. The molecule has 6 nitrogen and oxygen atoms in total. The minimum absolute atomic E-state index is 0.0717. The van der Waals surface area contributed by atoms with Gasteiger partial charge in [0, 0.05) is 12.1 Å². The third-order valence-corrected chi connectivity index (χ3v) is 5.49. The van der Waals surface area contributed by atoms with Gasteiger partial charge in [0.15, 0.2) is 11.0 Å². The number of hydrogen-bond donors (Lipinski definition) is 1. The van der Waals surface area contributed by atoms with Crippen LogP contribution in [0.4, 0.5) is 0 Å². The number of ether oxygens (including phenoxy) is 1. The Kier molecular flexibility index (Phi) is 7.30. The van der Waals surface area contributed by atoms with Crippen LogP contribution in [0.5, 0.6) is 5.75 Å². The van der Waals surface area contributed by atoms with Crippen LogP contribution in [0.25, 0.3) is 17.1 Å². The smallest absolute Gasteiger partial charge is 0.230 e. The number of carbonyl (C=O) groups excluding carboxylic acids is 1.